The van der Waals surface area contributed by atoms with Crippen LogP contribution in [0.25, 0.3) is 0 Å². The molecule has 0 fully saturated rings. The lowest BCUT2D eigenvalue weighted by Gasteiger charge is -2.14. The average Bonchev–Trinajstić information content (AvgIpc) is 2.71. The van der Waals surface area contributed by atoms with Crippen LogP contribution in [0.15, 0.2) is 53.5 Å². The van der Waals surface area contributed by atoms with Crippen molar-refractivity contribution in [2.45, 2.75) is 26.6 Å². The number of halogens is 2. The van der Waals surface area contributed by atoms with Crippen LogP contribution in [0.5, 0.6) is 11.5 Å². The number of nitrogens with zero attached hydrogens (tertiary/aromatic N) is 2. The number of para-hydroxylation sites is 1. The van der Waals surface area contributed by atoms with E-state index in [1.165, 1.54) is 6.07 Å². The highest BCUT2D eigenvalue weighted by Crippen LogP contribution is 2.20. The summed E-state index contributed by atoms with van der Waals surface area (Å²) in [6.07, 6.45) is 0. The molecule has 0 radical (unpaired) electrons. The molecule has 0 saturated carbocycles. The summed E-state index contributed by atoms with van der Waals surface area (Å²) in [4.78, 5) is 6.64. The fourth-order valence-corrected chi connectivity index (χ4v) is 2.63. The summed E-state index contributed by atoms with van der Waals surface area (Å²) in [6.45, 7) is 1.99. The summed E-state index contributed by atoms with van der Waals surface area (Å²) < 4.78 is 35.5. The minimum absolute atomic E-state index is 0.151. The third-order valence-corrected chi connectivity index (χ3v) is 4.10. The lowest BCUT2D eigenvalue weighted by Crippen LogP contribution is -2.36. The second kappa shape index (κ2) is 12.6. The van der Waals surface area contributed by atoms with Crippen molar-refractivity contribution in [3.8, 4) is 11.5 Å². The van der Waals surface area contributed by atoms with Crippen molar-refractivity contribution in [3.63, 3.8) is 0 Å². The quantitative estimate of drug-likeness (QED) is 0.431. The van der Waals surface area contributed by atoms with Crippen LogP contribution in [0, 0.1) is 0 Å². The van der Waals surface area contributed by atoms with Crippen LogP contribution < -0.4 is 20.1 Å². The zero-order chi connectivity index (χ0) is 21.8. The van der Waals surface area contributed by atoms with Crippen LogP contribution in [-0.2, 0) is 13.1 Å². The molecule has 0 atom stereocenters. The molecule has 164 valence electrons. The van der Waals surface area contributed by atoms with Crippen LogP contribution in [0.3, 0.4) is 0 Å². The maximum atomic E-state index is 12.6. The van der Waals surface area contributed by atoms with Crippen LogP contribution >= 0.6 is 0 Å². The lowest BCUT2D eigenvalue weighted by atomic mass is 10.2. The predicted octanol–water partition coefficient (Wildman–Crippen LogP) is 3.48. The van der Waals surface area contributed by atoms with Gasteiger partial charge in [0, 0.05) is 25.2 Å². The van der Waals surface area contributed by atoms with Crippen molar-refractivity contribution < 1.29 is 18.3 Å². The van der Waals surface area contributed by atoms with Crippen LogP contribution in [-0.4, -0.2) is 51.3 Å². The number of ether oxygens (including phenoxy) is 2. The largest absolute Gasteiger partial charge is 0.492 e. The molecule has 0 aliphatic carbocycles. The van der Waals surface area contributed by atoms with Gasteiger partial charge in [-0.1, -0.05) is 30.3 Å². The van der Waals surface area contributed by atoms with E-state index >= 15 is 0 Å². The number of benzene rings is 2. The Bertz CT molecular complexity index is 800. The van der Waals surface area contributed by atoms with Gasteiger partial charge in [0.2, 0.25) is 0 Å². The molecule has 0 unspecified atom stereocenters. The van der Waals surface area contributed by atoms with E-state index < -0.39 is 6.61 Å². The Morgan fingerprint density at radius 2 is 1.90 bits per heavy atom. The Labute approximate surface area is 176 Å². The van der Waals surface area contributed by atoms with Crippen molar-refractivity contribution in [3.05, 3.63) is 59.7 Å². The standard InChI is InChI=1S/C22H30F2N4O2/c1-4-25-22(27-16-18-9-5-6-11-20(18)30-21(23)24)26-15-17-8-7-10-19(14-17)29-13-12-28(2)3/h5-11,14,21H,4,12-13,15-16H2,1-3H3,(H2,25,26,27). The third kappa shape index (κ3) is 8.65. The van der Waals surface area contributed by atoms with Gasteiger partial charge in [-0.2, -0.15) is 8.78 Å². The van der Waals surface area contributed by atoms with Crippen molar-refractivity contribution >= 4 is 5.96 Å². The van der Waals surface area contributed by atoms with Crippen molar-refractivity contribution in [1.82, 2.24) is 15.5 Å². The van der Waals surface area contributed by atoms with E-state index in [-0.39, 0.29) is 5.75 Å². The fourth-order valence-electron chi connectivity index (χ4n) is 2.63. The molecule has 6 nitrogen and oxygen atoms in total. The zero-order valence-corrected chi connectivity index (χ0v) is 17.7. The molecule has 2 aromatic carbocycles. The van der Waals surface area contributed by atoms with Gasteiger partial charge in [0.1, 0.15) is 18.1 Å². The van der Waals surface area contributed by atoms with Crippen molar-refractivity contribution in [1.29, 1.82) is 0 Å². The maximum Gasteiger partial charge on any atom is 0.387 e. The predicted molar refractivity (Wildman–Crippen MR) is 115 cm³/mol. The number of rotatable bonds is 11. The number of hydrogen-bond donors (Lipinski definition) is 2. The van der Waals surface area contributed by atoms with Crippen molar-refractivity contribution in [2.75, 3.05) is 33.8 Å². The summed E-state index contributed by atoms with van der Waals surface area (Å²) >= 11 is 0. The lowest BCUT2D eigenvalue weighted by molar-refractivity contribution is -0.0504. The van der Waals surface area contributed by atoms with Gasteiger partial charge in [-0.15, -0.1) is 0 Å². The second-order valence-corrected chi connectivity index (χ2v) is 6.83. The van der Waals surface area contributed by atoms with Gasteiger partial charge in [-0.25, -0.2) is 4.99 Å². The summed E-state index contributed by atoms with van der Waals surface area (Å²) in [5.41, 5.74) is 1.63. The number of likely N-dealkylation sites (N-methyl/N-ethyl adjacent to an activating group) is 1. The highest BCUT2D eigenvalue weighted by molar-refractivity contribution is 5.79. The Balaban J connectivity index is 1.98. The summed E-state index contributed by atoms with van der Waals surface area (Å²) in [7, 11) is 4.00. The van der Waals surface area contributed by atoms with E-state index in [2.05, 4.69) is 25.3 Å². The zero-order valence-electron chi connectivity index (χ0n) is 17.7. The minimum atomic E-state index is -2.86. The average molecular weight is 421 g/mol. The number of alkyl halides is 2. The number of aliphatic imine (C=N–C) groups is 1. The molecule has 0 aromatic heterocycles. The SMILES string of the molecule is CCNC(=NCc1cccc(OCCN(C)C)c1)NCc1ccccc1OC(F)F. The summed E-state index contributed by atoms with van der Waals surface area (Å²) in [5.74, 6) is 1.54. The van der Waals surface area contributed by atoms with Crippen molar-refractivity contribution in [2.24, 2.45) is 4.99 Å². The smallest absolute Gasteiger partial charge is 0.387 e. The molecule has 0 saturated heterocycles. The first kappa shape index (κ1) is 23.4. The van der Waals surface area contributed by atoms with Crippen LogP contribution in [0.1, 0.15) is 18.1 Å². The monoisotopic (exact) mass is 420 g/mol. The first-order chi connectivity index (χ1) is 14.5. The number of hydrogen-bond acceptors (Lipinski definition) is 4. The minimum Gasteiger partial charge on any atom is -0.492 e. The van der Waals surface area contributed by atoms with Gasteiger partial charge in [-0.05, 0) is 44.8 Å². The molecule has 8 heteroatoms. The molecule has 30 heavy (non-hydrogen) atoms. The van der Waals surface area contributed by atoms with E-state index in [1.807, 2.05) is 45.3 Å². The van der Waals surface area contributed by atoms with E-state index in [0.717, 1.165) is 17.9 Å². The number of nitrogens with one attached hydrogen (secondary N) is 2. The van der Waals surface area contributed by atoms with E-state index in [1.54, 1.807) is 18.2 Å². The molecule has 0 amide bonds. The van der Waals surface area contributed by atoms with Gasteiger partial charge in [0.15, 0.2) is 5.96 Å². The molecule has 0 bridgehead atoms. The molecular formula is C22H30F2N4O2. The second-order valence-electron chi connectivity index (χ2n) is 6.83. The van der Waals surface area contributed by atoms with Gasteiger partial charge < -0.3 is 25.0 Å². The van der Waals surface area contributed by atoms with Crippen LogP contribution in [0.4, 0.5) is 8.78 Å². The van der Waals surface area contributed by atoms with Gasteiger partial charge in [0.25, 0.3) is 0 Å². The maximum absolute atomic E-state index is 12.6. The molecule has 0 aliphatic rings. The molecule has 2 aromatic rings. The first-order valence-corrected chi connectivity index (χ1v) is 9.89. The Hall–Kier alpha value is -2.87. The Morgan fingerprint density at radius 3 is 2.63 bits per heavy atom. The van der Waals surface area contributed by atoms with E-state index in [9.17, 15) is 8.78 Å². The van der Waals surface area contributed by atoms with Gasteiger partial charge in [0.05, 0.1) is 6.54 Å². The topological polar surface area (TPSA) is 58.1 Å². The van der Waals surface area contributed by atoms with Crippen LogP contribution in [0.2, 0.25) is 0 Å². The number of guanidine groups is 1. The van der Waals surface area contributed by atoms with Gasteiger partial charge >= 0.3 is 6.61 Å². The summed E-state index contributed by atoms with van der Waals surface area (Å²) in [5, 5.41) is 6.32. The third-order valence-electron chi connectivity index (χ3n) is 4.10. The van der Waals surface area contributed by atoms with Gasteiger partial charge in [-0.3, -0.25) is 0 Å². The molecule has 0 heterocycles. The molecule has 2 rings (SSSR count). The Kier molecular flexibility index (Phi) is 9.86. The normalized spacial score (nSPS) is 11.6. The Morgan fingerprint density at radius 1 is 1.10 bits per heavy atom. The fraction of sp³-hybridized carbons (Fsp3) is 0.409. The molecule has 0 aliphatic heterocycles. The van der Waals surface area contributed by atoms with E-state index in [4.69, 9.17) is 4.74 Å². The first-order valence-electron chi connectivity index (χ1n) is 9.89. The highest BCUT2D eigenvalue weighted by atomic mass is 19.3. The van der Waals surface area contributed by atoms with E-state index in [0.29, 0.717) is 37.8 Å². The summed E-state index contributed by atoms with van der Waals surface area (Å²) in [6, 6.07) is 14.5. The molecule has 2 N–H and O–H groups in total. The molecule has 0 spiro atoms. The molecular weight excluding hydrogens is 390 g/mol. The highest BCUT2D eigenvalue weighted by Gasteiger charge is 2.09.